The number of nitrogens with one attached hydrogen (secondary N) is 3. The highest BCUT2D eigenvalue weighted by Gasteiger charge is 2.43. The van der Waals surface area contributed by atoms with Crippen molar-refractivity contribution in [2.75, 3.05) is 6.54 Å². The van der Waals surface area contributed by atoms with Gasteiger partial charge in [0, 0.05) is 56.9 Å². The van der Waals surface area contributed by atoms with Crippen molar-refractivity contribution in [2.45, 2.75) is 76.2 Å². The van der Waals surface area contributed by atoms with Gasteiger partial charge < -0.3 is 19.7 Å². The highest BCUT2D eigenvalue weighted by Crippen LogP contribution is 2.33. The minimum Gasteiger partial charge on any atom is -0.446 e. The van der Waals surface area contributed by atoms with Gasteiger partial charge >= 0.3 is 12.7 Å². The minimum absolute atomic E-state index is 0.0467. The molecule has 2 saturated heterocycles. The SMILES string of the molecule is O=C1CCC(N2Cc3ccc(CNC(=O)OC4CC(N5NCCC5OC(F)F)C4)c(F)c3C2=O)C(=O)N1. The molecule has 2 unspecified atom stereocenters. The van der Waals surface area contributed by atoms with Gasteiger partial charge in [0.05, 0.1) is 5.56 Å². The Bertz CT molecular complexity index is 1110. The van der Waals surface area contributed by atoms with Crippen LogP contribution >= 0.6 is 0 Å². The smallest absolute Gasteiger partial charge is 0.407 e. The van der Waals surface area contributed by atoms with Crippen LogP contribution in [0, 0.1) is 5.82 Å². The van der Waals surface area contributed by atoms with Crippen molar-refractivity contribution in [3.63, 3.8) is 0 Å². The molecule has 200 valence electrons. The summed E-state index contributed by atoms with van der Waals surface area (Å²) in [5.41, 5.74) is 3.35. The summed E-state index contributed by atoms with van der Waals surface area (Å²) < 4.78 is 50.2. The number of benzene rings is 1. The van der Waals surface area contributed by atoms with E-state index in [2.05, 4.69) is 20.8 Å². The average Bonchev–Trinajstić information content (AvgIpc) is 3.39. The second-order valence-corrected chi connectivity index (χ2v) is 9.43. The zero-order valence-electron chi connectivity index (χ0n) is 19.7. The molecule has 1 aliphatic carbocycles. The molecule has 0 radical (unpaired) electrons. The largest absolute Gasteiger partial charge is 0.446 e. The summed E-state index contributed by atoms with van der Waals surface area (Å²) in [6.07, 6.45) is -0.382. The normalized spacial score (nSPS) is 27.8. The molecular weight excluding hydrogens is 499 g/mol. The van der Waals surface area contributed by atoms with E-state index in [4.69, 9.17) is 4.74 Å². The van der Waals surface area contributed by atoms with Crippen LogP contribution in [0.4, 0.5) is 18.0 Å². The first-order valence-electron chi connectivity index (χ1n) is 12.1. The molecule has 3 aliphatic heterocycles. The molecule has 1 saturated carbocycles. The number of imide groups is 1. The molecule has 3 heterocycles. The maximum atomic E-state index is 15.2. The van der Waals surface area contributed by atoms with Crippen molar-refractivity contribution in [1.82, 2.24) is 26.0 Å². The van der Waals surface area contributed by atoms with Gasteiger partial charge in [0.2, 0.25) is 11.8 Å². The number of piperidine rings is 1. The quantitative estimate of drug-likeness (QED) is 0.452. The van der Waals surface area contributed by atoms with Gasteiger partial charge in [-0.1, -0.05) is 12.1 Å². The summed E-state index contributed by atoms with van der Waals surface area (Å²) in [6, 6.07) is 2.06. The zero-order chi connectivity index (χ0) is 26.3. The van der Waals surface area contributed by atoms with Crippen LogP contribution in [0.15, 0.2) is 12.1 Å². The molecule has 0 bridgehead atoms. The number of nitrogens with zero attached hydrogens (tertiary/aromatic N) is 2. The van der Waals surface area contributed by atoms with Gasteiger partial charge in [-0.25, -0.2) is 14.2 Å². The first kappa shape index (κ1) is 25.4. The second kappa shape index (κ2) is 10.3. The van der Waals surface area contributed by atoms with Gasteiger partial charge in [0.15, 0.2) is 0 Å². The fourth-order valence-electron chi connectivity index (χ4n) is 5.19. The lowest BCUT2D eigenvalue weighted by Crippen LogP contribution is -2.55. The minimum atomic E-state index is -2.87. The maximum absolute atomic E-state index is 15.2. The monoisotopic (exact) mass is 525 g/mol. The molecule has 11 nitrogen and oxygen atoms in total. The summed E-state index contributed by atoms with van der Waals surface area (Å²) in [6.45, 7) is -2.54. The number of ether oxygens (including phenoxy) is 2. The third kappa shape index (κ3) is 5.13. The molecule has 1 aromatic carbocycles. The lowest BCUT2D eigenvalue weighted by molar-refractivity contribution is -0.215. The van der Waals surface area contributed by atoms with Crippen LogP contribution in [0.1, 0.15) is 53.6 Å². The van der Waals surface area contributed by atoms with E-state index in [9.17, 15) is 28.0 Å². The van der Waals surface area contributed by atoms with Crippen molar-refractivity contribution in [2.24, 2.45) is 0 Å². The third-order valence-electron chi connectivity index (χ3n) is 7.13. The Morgan fingerprint density at radius 3 is 2.70 bits per heavy atom. The molecule has 0 aromatic heterocycles. The number of hydrazine groups is 1. The Morgan fingerprint density at radius 1 is 1.19 bits per heavy atom. The average molecular weight is 525 g/mol. The van der Waals surface area contributed by atoms with Crippen molar-refractivity contribution in [3.8, 4) is 0 Å². The van der Waals surface area contributed by atoms with Gasteiger partial charge in [-0.15, -0.1) is 0 Å². The molecule has 3 fully saturated rings. The van der Waals surface area contributed by atoms with Crippen LogP contribution in [0.5, 0.6) is 0 Å². The number of hydrogen-bond acceptors (Lipinski definition) is 8. The lowest BCUT2D eigenvalue weighted by atomic mass is 9.88. The molecule has 0 spiro atoms. The Morgan fingerprint density at radius 2 is 1.97 bits per heavy atom. The number of halogens is 3. The Hall–Kier alpha value is -3.23. The van der Waals surface area contributed by atoms with E-state index in [1.54, 1.807) is 11.1 Å². The molecule has 4 aliphatic rings. The summed E-state index contributed by atoms with van der Waals surface area (Å²) in [5, 5.41) is 6.29. The van der Waals surface area contributed by atoms with Crippen molar-refractivity contribution >= 4 is 23.8 Å². The number of amides is 4. The predicted molar refractivity (Wildman–Crippen MR) is 118 cm³/mol. The molecule has 37 heavy (non-hydrogen) atoms. The van der Waals surface area contributed by atoms with E-state index in [0.29, 0.717) is 31.4 Å². The molecule has 4 amide bonds. The number of hydrogen-bond donors (Lipinski definition) is 3. The first-order chi connectivity index (χ1) is 17.7. The number of rotatable bonds is 7. The van der Waals surface area contributed by atoms with E-state index in [1.807, 2.05) is 0 Å². The highest BCUT2D eigenvalue weighted by molar-refractivity contribution is 6.05. The van der Waals surface area contributed by atoms with Gasteiger partial charge in [-0.05, 0) is 12.0 Å². The van der Waals surface area contributed by atoms with Crippen LogP contribution in [0.3, 0.4) is 0 Å². The number of alkyl halides is 2. The molecule has 1 aromatic rings. The van der Waals surface area contributed by atoms with E-state index in [0.717, 1.165) is 0 Å². The van der Waals surface area contributed by atoms with Gasteiger partial charge in [0.1, 0.15) is 24.2 Å². The summed E-state index contributed by atoms with van der Waals surface area (Å²) in [5.74, 6) is -2.42. The van der Waals surface area contributed by atoms with Gasteiger partial charge in [0.25, 0.3) is 5.91 Å². The topological polar surface area (TPSA) is 129 Å². The van der Waals surface area contributed by atoms with Crippen LogP contribution in [-0.2, 0) is 32.2 Å². The number of fused-ring (bicyclic) bond motifs is 1. The van der Waals surface area contributed by atoms with Crippen molar-refractivity contribution < 1.29 is 41.8 Å². The predicted octanol–water partition coefficient (Wildman–Crippen LogP) is 1.12. The highest BCUT2D eigenvalue weighted by atomic mass is 19.3. The van der Waals surface area contributed by atoms with E-state index < -0.39 is 54.6 Å². The van der Waals surface area contributed by atoms with E-state index in [1.165, 1.54) is 11.0 Å². The van der Waals surface area contributed by atoms with Gasteiger partial charge in [-0.2, -0.15) is 8.78 Å². The van der Waals surface area contributed by atoms with Crippen LogP contribution < -0.4 is 16.1 Å². The number of carbonyl (C=O) groups is 4. The molecule has 2 atom stereocenters. The van der Waals surface area contributed by atoms with Crippen LogP contribution in [0.25, 0.3) is 0 Å². The number of carbonyl (C=O) groups excluding carboxylic acids is 4. The number of alkyl carbamates (subject to hydrolysis) is 1. The zero-order valence-corrected chi connectivity index (χ0v) is 19.7. The molecular formula is C23H26F3N5O6. The molecule has 5 rings (SSSR count). The van der Waals surface area contributed by atoms with E-state index in [-0.39, 0.29) is 43.1 Å². The Balaban J connectivity index is 1.12. The summed E-state index contributed by atoms with van der Waals surface area (Å²) in [4.78, 5) is 49.9. The summed E-state index contributed by atoms with van der Waals surface area (Å²) >= 11 is 0. The first-order valence-corrected chi connectivity index (χ1v) is 12.1. The van der Waals surface area contributed by atoms with Crippen molar-refractivity contribution in [1.29, 1.82) is 0 Å². The second-order valence-electron chi connectivity index (χ2n) is 9.43. The van der Waals surface area contributed by atoms with Gasteiger partial charge in [-0.3, -0.25) is 25.1 Å². The fraction of sp³-hybridized carbons (Fsp3) is 0.565. The lowest BCUT2D eigenvalue weighted by Gasteiger charge is -2.42. The third-order valence-corrected chi connectivity index (χ3v) is 7.13. The molecule has 3 N–H and O–H groups in total. The van der Waals surface area contributed by atoms with Crippen molar-refractivity contribution in [3.05, 3.63) is 34.6 Å². The van der Waals surface area contributed by atoms with Crippen LogP contribution in [-0.4, -0.2) is 71.3 Å². The Kier molecular flexibility index (Phi) is 7.05. The molecule has 14 heteroatoms. The Labute approximate surface area is 209 Å². The van der Waals surface area contributed by atoms with E-state index >= 15 is 4.39 Å². The fourth-order valence-corrected chi connectivity index (χ4v) is 5.19. The van der Waals surface area contributed by atoms with Crippen LogP contribution in [0.2, 0.25) is 0 Å². The standard InChI is InChI=1S/C23H26F3N5O6/c24-19-11(1-2-12-10-30(21(34)18(12)19)15-3-4-16(32)29-20(15)33)9-27-23(35)36-14-7-13(8-14)31-17(5-6-28-31)37-22(25)26/h1-2,13-15,17,22,28H,3-10H2,(H,27,35)(H,29,32,33). The summed E-state index contributed by atoms with van der Waals surface area (Å²) in [7, 11) is 0. The maximum Gasteiger partial charge on any atom is 0.407 e.